The minimum atomic E-state index is -0.442. The zero-order valence-corrected chi connectivity index (χ0v) is 20.7. The van der Waals surface area contributed by atoms with Crippen molar-refractivity contribution in [1.82, 2.24) is 30.4 Å². The monoisotopic (exact) mass is 494 g/mol. The number of nitrogens with zero attached hydrogens (tertiary/aromatic N) is 3. The number of aromatic amines is 1. The first-order valence-electron chi connectivity index (χ1n) is 12.2. The van der Waals surface area contributed by atoms with Crippen molar-refractivity contribution in [1.29, 1.82) is 0 Å². The van der Waals surface area contributed by atoms with Gasteiger partial charge in [-0.05, 0) is 63.1 Å². The molecule has 0 fully saturated rings. The minimum Gasteiger partial charge on any atom is -0.450 e. The van der Waals surface area contributed by atoms with Gasteiger partial charge in [-0.15, -0.1) is 0 Å². The Morgan fingerprint density at radius 3 is 2.69 bits per heavy atom. The molecule has 0 saturated heterocycles. The van der Waals surface area contributed by atoms with Gasteiger partial charge in [0, 0.05) is 30.1 Å². The summed E-state index contributed by atoms with van der Waals surface area (Å²) in [6, 6.07) is 9.83. The zero-order valence-electron chi connectivity index (χ0n) is 20.7. The smallest absolute Gasteiger partial charge is 0.407 e. The van der Waals surface area contributed by atoms with Gasteiger partial charge in [-0.2, -0.15) is 5.10 Å². The normalized spacial score (nSPS) is 11.4. The van der Waals surface area contributed by atoms with E-state index in [2.05, 4.69) is 20.8 Å². The molecule has 4 aromatic rings. The third-order valence-corrected chi connectivity index (χ3v) is 5.84. The molecule has 190 valence electrons. The second kappa shape index (κ2) is 11.2. The number of alkyl carbamates (subject to hydrolysis) is 1. The molecule has 2 amide bonds. The fourth-order valence-corrected chi connectivity index (χ4v) is 4.02. The Balaban J connectivity index is 1.47. The quantitative estimate of drug-likeness (QED) is 0.270. The molecule has 3 N–H and O–H groups in total. The van der Waals surface area contributed by atoms with Crippen LogP contribution in [-0.2, 0) is 4.74 Å². The maximum Gasteiger partial charge on any atom is 0.407 e. The molecule has 36 heavy (non-hydrogen) atoms. The van der Waals surface area contributed by atoms with Crippen LogP contribution in [0.5, 0.6) is 0 Å². The van der Waals surface area contributed by atoms with Crippen molar-refractivity contribution in [3.05, 3.63) is 47.8 Å². The molecular formula is C26H31FN6O3. The Labute approximate surface area is 208 Å². The van der Waals surface area contributed by atoms with E-state index >= 15 is 0 Å². The molecule has 4 rings (SSSR count). The van der Waals surface area contributed by atoms with Crippen molar-refractivity contribution in [2.45, 2.75) is 46.1 Å². The number of carbonyl (C=O) groups is 2. The van der Waals surface area contributed by atoms with E-state index in [1.54, 1.807) is 24.3 Å². The summed E-state index contributed by atoms with van der Waals surface area (Å²) in [6.07, 6.45) is 1.93. The van der Waals surface area contributed by atoms with Crippen molar-refractivity contribution >= 4 is 33.9 Å². The number of hydrogen-bond acceptors (Lipinski definition) is 5. The molecule has 9 nitrogen and oxygen atoms in total. The van der Waals surface area contributed by atoms with Crippen LogP contribution in [0.2, 0.25) is 0 Å². The van der Waals surface area contributed by atoms with Gasteiger partial charge in [0.25, 0.3) is 5.91 Å². The number of ether oxygens (including phenoxy) is 1. The zero-order chi connectivity index (χ0) is 25.7. The van der Waals surface area contributed by atoms with Crippen molar-refractivity contribution in [3.8, 4) is 11.5 Å². The average Bonchev–Trinajstić information content (AvgIpc) is 3.44. The summed E-state index contributed by atoms with van der Waals surface area (Å²) in [7, 11) is 0. The van der Waals surface area contributed by atoms with Crippen molar-refractivity contribution in [3.63, 3.8) is 0 Å². The molecule has 0 aliphatic rings. The fourth-order valence-electron chi connectivity index (χ4n) is 4.02. The Kier molecular flexibility index (Phi) is 7.82. The highest BCUT2D eigenvalue weighted by Gasteiger charge is 2.20. The summed E-state index contributed by atoms with van der Waals surface area (Å²) in [4.78, 5) is 29.1. The molecule has 10 heteroatoms. The third kappa shape index (κ3) is 5.48. The van der Waals surface area contributed by atoms with Crippen LogP contribution in [-0.4, -0.2) is 51.4 Å². The van der Waals surface area contributed by atoms with Crippen LogP contribution in [0.15, 0.2) is 36.4 Å². The number of fused-ring (bicyclic) bond motifs is 2. The van der Waals surface area contributed by atoms with Crippen LogP contribution in [0.25, 0.3) is 33.5 Å². The second-order valence-corrected chi connectivity index (χ2v) is 8.89. The number of benzene rings is 2. The van der Waals surface area contributed by atoms with Gasteiger partial charge in [-0.1, -0.05) is 13.3 Å². The van der Waals surface area contributed by atoms with Gasteiger partial charge in [0.1, 0.15) is 11.5 Å². The van der Waals surface area contributed by atoms with E-state index in [-0.39, 0.29) is 17.8 Å². The number of amides is 2. The van der Waals surface area contributed by atoms with Gasteiger partial charge in [0.05, 0.1) is 23.2 Å². The Bertz CT molecular complexity index is 1380. The van der Waals surface area contributed by atoms with E-state index in [4.69, 9.17) is 9.72 Å². The topological polar surface area (TPSA) is 114 Å². The Morgan fingerprint density at radius 2 is 1.92 bits per heavy atom. The van der Waals surface area contributed by atoms with Gasteiger partial charge in [0.15, 0.2) is 5.82 Å². The molecule has 0 aliphatic heterocycles. The maximum absolute atomic E-state index is 13.9. The predicted octanol–water partition coefficient (Wildman–Crippen LogP) is 4.95. The number of rotatable bonds is 10. The second-order valence-electron chi connectivity index (χ2n) is 8.89. The highest BCUT2D eigenvalue weighted by molar-refractivity contribution is 6.01. The highest BCUT2D eigenvalue weighted by atomic mass is 19.1. The van der Waals surface area contributed by atoms with Crippen molar-refractivity contribution < 1.29 is 18.7 Å². The Morgan fingerprint density at radius 1 is 1.11 bits per heavy atom. The van der Waals surface area contributed by atoms with Crippen LogP contribution in [0.1, 0.15) is 56.4 Å². The number of H-pyrrole nitrogens is 1. The van der Waals surface area contributed by atoms with E-state index < -0.39 is 6.09 Å². The molecule has 0 radical (unpaired) electrons. The summed E-state index contributed by atoms with van der Waals surface area (Å²) in [5.74, 6) is 0.0468. The molecule has 0 aliphatic carbocycles. The first kappa shape index (κ1) is 25.2. The standard InChI is InChI=1S/C26H31FN6O3/c1-4-5-13-36-26(35)29-12-6-11-28-25(34)17-7-9-20-19(14-17)23(32-31-20)24-30-21-10-8-18(27)15-22(21)33(24)16(2)3/h7-10,14-16H,4-6,11-13H2,1-3H3,(H,28,34)(H,29,35)(H,31,32). The number of aromatic nitrogens is 4. The lowest BCUT2D eigenvalue weighted by Crippen LogP contribution is -2.30. The van der Waals surface area contributed by atoms with Gasteiger partial charge < -0.3 is 19.9 Å². The highest BCUT2D eigenvalue weighted by Crippen LogP contribution is 2.32. The molecule has 0 unspecified atom stereocenters. The van der Waals surface area contributed by atoms with Gasteiger partial charge in [0.2, 0.25) is 0 Å². The van der Waals surface area contributed by atoms with Crippen molar-refractivity contribution in [2.75, 3.05) is 19.7 Å². The third-order valence-electron chi connectivity index (χ3n) is 5.84. The Hall–Kier alpha value is -3.95. The van der Waals surface area contributed by atoms with E-state index in [0.29, 0.717) is 54.2 Å². The van der Waals surface area contributed by atoms with Gasteiger partial charge in [-0.25, -0.2) is 14.2 Å². The maximum atomic E-state index is 13.9. The number of unbranched alkanes of at least 4 members (excludes halogenated alkanes) is 1. The molecule has 2 heterocycles. The molecule has 2 aromatic heterocycles. The van der Waals surface area contributed by atoms with E-state index in [1.165, 1.54) is 12.1 Å². The van der Waals surface area contributed by atoms with E-state index in [0.717, 1.165) is 23.7 Å². The lowest BCUT2D eigenvalue weighted by Gasteiger charge is -2.12. The summed E-state index contributed by atoms with van der Waals surface area (Å²) in [6.45, 7) is 7.24. The number of hydrogen-bond donors (Lipinski definition) is 3. The van der Waals surface area contributed by atoms with Crippen LogP contribution in [0, 0.1) is 5.82 Å². The molecule has 0 spiro atoms. The number of halogens is 1. The van der Waals surface area contributed by atoms with E-state index in [9.17, 15) is 14.0 Å². The van der Waals surface area contributed by atoms with Gasteiger partial charge >= 0.3 is 6.09 Å². The number of carbonyl (C=O) groups excluding carboxylic acids is 2. The van der Waals surface area contributed by atoms with Gasteiger partial charge in [-0.3, -0.25) is 9.89 Å². The lowest BCUT2D eigenvalue weighted by atomic mass is 10.1. The first-order valence-corrected chi connectivity index (χ1v) is 12.2. The van der Waals surface area contributed by atoms with Crippen molar-refractivity contribution in [2.24, 2.45) is 0 Å². The van der Waals surface area contributed by atoms with Crippen LogP contribution in [0.3, 0.4) is 0 Å². The van der Waals surface area contributed by atoms with Crippen LogP contribution >= 0.6 is 0 Å². The molecule has 2 aromatic carbocycles. The summed E-state index contributed by atoms with van der Waals surface area (Å²) in [5.41, 5.74) is 3.20. The largest absolute Gasteiger partial charge is 0.450 e. The molecule has 0 saturated carbocycles. The molecular weight excluding hydrogens is 463 g/mol. The number of imidazole rings is 1. The van der Waals surface area contributed by atoms with Crippen LogP contribution in [0.4, 0.5) is 9.18 Å². The number of nitrogens with one attached hydrogen (secondary N) is 3. The van der Waals surface area contributed by atoms with Crippen LogP contribution < -0.4 is 10.6 Å². The SMILES string of the molecule is CCCCOC(=O)NCCCNC(=O)c1ccc2[nH]nc(-c3nc4ccc(F)cc4n3C(C)C)c2c1. The minimum absolute atomic E-state index is 0.0163. The average molecular weight is 495 g/mol. The predicted molar refractivity (Wildman–Crippen MR) is 136 cm³/mol. The van der Waals surface area contributed by atoms with E-state index in [1.807, 2.05) is 25.3 Å². The molecule has 0 bridgehead atoms. The first-order chi connectivity index (χ1) is 17.4. The summed E-state index contributed by atoms with van der Waals surface area (Å²) >= 11 is 0. The fraction of sp³-hybridized carbons (Fsp3) is 0.385. The summed E-state index contributed by atoms with van der Waals surface area (Å²) in [5, 5.41) is 13.8. The molecule has 0 atom stereocenters. The summed E-state index contributed by atoms with van der Waals surface area (Å²) < 4.78 is 20.9. The lowest BCUT2D eigenvalue weighted by molar-refractivity contribution is 0.0953.